The van der Waals surface area contributed by atoms with Crippen molar-refractivity contribution in [2.75, 3.05) is 18.5 Å². The van der Waals surface area contributed by atoms with Crippen molar-refractivity contribution in [3.8, 4) is 0 Å². The Bertz CT molecular complexity index is 523. The molecule has 1 heterocycles. The predicted molar refractivity (Wildman–Crippen MR) is 87.4 cm³/mol. The van der Waals surface area contributed by atoms with E-state index in [9.17, 15) is 0 Å². The summed E-state index contributed by atoms with van der Waals surface area (Å²) in [4.78, 5) is 6.58. The lowest BCUT2D eigenvalue weighted by Gasteiger charge is -2.20. The van der Waals surface area contributed by atoms with E-state index in [4.69, 9.17) is 0 Å². The zero-order valence-corrected chi connectivity index (χ0v) is 13.3. The first kappa shape index (κ1) is 15.0. The first-order valence-corrected chi connectivity index (χ1v) is 8.03. The number of nitrogens with one attached hydrogen (secondary N) is 1. The molecule has 0 unspecified atom stereocenters. The van der Waals surface area contributed by atoms with E-state index < -0.39 is 0 Å². The van der Waals surface area contributed by atoms with Gasteiger partial charge in [0.15, 0.2) is 0 Å². The van der Waals surface area contributed by atoms with Crippen molar-refractivity contribution in [2.24, 2.45) is 0 Å². The summed E-state index contributed by atoms with van der Waals surface area (Å²) in [5.74, 6) is 0. The third kappa shape index (κ3) is 4.05. The Balaban J connectivity index is 2.00. The number of hydrogen-bond donors (Lipinski definition) is 1. The monoisotopic (exact) mass is 289 g/mol. The van der Waals surface area contributed by atoms with Gasteiger partial charge in [0.05, 0.1) is 17.7 Å². The van der Waals surface area contributed by atoms with Gasteiger partial charge < -0.3 is 10.2 Å². The van der Waals surface area contributed by atoms with Crippen molar-refractivity contribution in [1.82, 2.24) is 10.3 Å². The average molecular weight is 289 g/mol. The molecule has 1 aromatic carbocycles. The first-order chi connectivity index (χ1) is 9.70. The van der Waals surface area contributed by atoms with Gasteiger partial charge in [0, 0.05) is 24.7 Å². The molecule has 0 aliphatic heterocycles. The second-order valence-electron chi connectivity index (χ2n) is 5.12. The van der Waals surface area contributed by atoms with E-state index >= 15 is 0 Å². The number of benzene rings is 1. The molecule has 4 heteroatoms. The zero-order valence-electron chi connectivity index (χ0n) is 12.5. The fourth-order valence-corrected chi connectivity index (χ4v) is 2.72. The lowest BCUT2D eigenvalue weighted by molar-refractivity contribution is 0.673. The smallest absolute Gasteiger partial charge is 0.0795 e. The molecule has 1 N–H and O–H groups in total. The highest BCUT2D eigenvalue weighted by Gasteiger charge is 2.06. The van der Waals surface area contributed by atoms with Crippen LogP contribution in [0.2, 0.25) is 0 Å². The number of rotatable bonds is 7. The van der Waals surface area contributed by atoms with Gasteiger partial charge in [-0.05, 0) is 43.1 Å². The van der Waals surface area contributed by atoms with Gasteiger partial charge in [0.25, 0.3) is 0 Å². The highest BCUT2D eigenvalue weighted by atomic mass is 32.1. The molecule has 1 aromatic heterocycles. The van der Waals surface area contributed by atoms with Crippen molar-refractivity contribution in [2.45, 2.75) is 33.4 Å². The number of thiazole rings is 1. The normalized spacial score (nSPS) is 10.8. The van der Waals surface area contributed by atoms with Gasteiger partial charge >= 0.3 is 0 Å². The van der Waals surface area contributed by atoms with Crippen molar-refractivity contribution in [3.05, 3.63) is 45.9 Å². The molecule has 0 aliphatic carbocycles. The van der Waals surface area contributed by atoms with Crippen LogP contribution in [0.3, 0.4) is 0 Å². The van der Waals surface area contributed by atoms with Crippen LogP contribution < -0.4 is 10.2 Å². The molecule has 0 aliphatic rings. The van der Waals surface area contributed by atoms with Crippen LogP contribution in [-0.4, -0.2) is 18.6 Å². The Kier molecular flexibility index (Phi) is 5.56. The fraction of sp³-hybridized carbons (Fsp3) is 0.438. The van der Waals surface area contributed by atoms with Crippen LogP contribution in [0.1, 0.15) is 30.2 Å². The SMILES string of the molecule is CCCNCc1ccc(N(C)Cc2cscn2)cc1C. The van der Waals surface area contributed by atoms with E-state index in [1.807, 2.05) is 5.51 Å². The summed E-state index contributed by atoms with van der Waals surface area (Å²) in [6.07, 6.45) is 1.17. The molecule has 108 valence electrons. The Hall–Kier alpha value is -1.39. The van der Waals surface area contributed by atoms with Gasteiger partial charge in [-0.25, -0.2) is 4.98 Å². The molecule has 2 rings (SSSR count). The molecule has 0 bridgehead atoms. The molecule has 0 radical (unpaired) electrons. The second-order valence-corrected chi connectivity index (χ2v) is 5.84. The fourth-order valence-electron chi connectivity index (χ4n) is 2.17. The largest absolute Gasteiger partial charge is 0.369 e. The van der Waals surface area contributed by atoms with E-state index in [-0.39, 0.29) is 0 Å². The highest BCUT2D eigenvalue weighted by Crippen LogP contribution is 2.20. The average Bonchev–Trinajstić information content (AvgIpc) is 2.93. The minimum atomic E-state index is 0.858. The third-order valence-electron chi connectivity index (χ3n) is 3.39. The van der Waals surface area contributed by atoms with E-state index in [1.54, 1.807) is 11.3 Å². The quantitative estimate of drug-likeness (QED) is 0.790. The molecule has 0 saturated heterocycles. The number of aromatic nitrogens is 1. The van der Waals surface area contributed by atoms with Crippen LogP contribution in [0, 0.1) is 6.92 Å². The van der Waals surface area contributed by atoms with E-state index in [2.05, 4.69) is 59.7 Å². The summed E-state index contributed by atoms with van der Waals surface area (Å²) < 4.78 is 0. The molecule has 3 nitrogen and oxygen atoms in total. The maximum absolute atomic E-state index is 4.34. The van der Waals surface area contributed by atoms with Crippen molar-refractivity contribution in [1.29, 1.82) is 0 Å². The van der Waals surface area contributed by atoms with Gasteiger partial charge in [-0.2, -0.15) is 0 Å². The molecule has 0 fully saturated rings. The number of nitrogens with zero attached hydrogens (tertiary/aromatic N) is 2. The molecule has 0 atom stereocenters. The van der Waals surface area contributed by atoms with E-state index in [0.717, 1.165) is 25.3 Å². The number of anilines is 1. The van der Waals surface area contributed by atoms with E-state index in [1.165, 1.54) is 23.2 Å². The molecular formula is C16H23N3S. The molecule has 20 heavy (non-hydrogen) atoms. The summed E-state index contributed by atoms with van der Waals surface area (Å²) in [5, 5.41) is 5.56. The molecular weight excluding hydrogens is 266 g/mol. The summed E-state index contributed by atoms with van der Waals surface area (Å²) in [6.45, 7) is 7.26. The van der Waals surface area contributed by atoms with E-state index in [0.29, 0.717) is 0 Å². The van der Waals surface area contributed by atoms with Gasteiger partial charge in [0.2, 0.25) is 0 Å². The third-order valence-corrected chi connectivity index (χ3v) is 4.03. The van der Waals surface area contributed by atoms with Gasteiger partial charge in [-0.1, -0.05) is 13.0 Å². The highest BCUT2D eigenvalue weighted by molar-refractivity contribution is 7.07. The summed E-state index contributed by atoms with van der Waals surface area (Å²) in [6, 6.07) is 6.68. The molecule has 2 aromatic rings. The summed E-state index contributed by atoms with van der Waals surface area (Å²) in [7, 11) is 2.11. The Labute approximate surface area is 125 Å². The lowest BCUT2D eigenvalue weighted by atomic mass is 10.1. The van der Waals surface area contributed by atoms with Crippen LogP contribution in [0.5, 0.6) is 0 Å². The van der Waals surface area contributed by atoms with Crippen molar-refractivity contribution >= 4 is 17.0 Å². The minimum absolute atomic E-state index is 0.858. The van der Waals surface area contributed by atoms with Crippen LogP contribution in [-0.2, 0) is 13.1 Å². The number of hydrogen-bond acceptors (Lipinski definition) is 4. The van der Waals surface area contributed by atoms with Crippen LogP contribution in [0.4, 0.5) is 5.69 Å². The maximum atomic E-state index is 4.34. The predicted octanol–water partition coefficient (Wildman–Crippen LogP) is 3.59. The number of aryl methyl sites for hydroxylation is 1. The minimum Gasteiger partial charge on any atom is -0.369 e. The summed E-state index contributed by atoms with van der Waals surface area (Å²) >= 11 is 1.65. The second kappa shape index (κ2) is 7.41. The van der Waals surface area contributed by atoms with Gasteiger partial charge in [-0.15, -0.1) is 11.3 Å². The van der Waals surface area contributed by atoms with Gasteiger partial charge in [-0.3, -0.25) is 0 Å². The first-order valence-electron chi connectivity index (χ1n) is 7.09. The van der Waals surface area contributed by atoms with Gasteiger partial charge in [0.1, 0.15) is 0 Å². The topological polar surface area (TPSA) is 28.2 Å². The van der Waals surface area contributed by atoms with Crippen molar-refractivity contribution < 1.29 is 0 Å². The summed E-state index contributed by atoms with van der Waals surface area (Å²) in [5.41, 5.74) is 6.98. The standard InChI is InChI=1S/C16H23N3S/c1-4-7-17-9-14-5-6-16(8-13(14)2)19(3)10-15-11-20-12-18-15/h5-6,8,11-12,17H,4,7,9-10H2,1-3H3. The van der Waals surface area contributed by atoms with Crippen LogP contribution >= 0.6 is 11.3 Å². The lowest BCUT2D eigenvalue weighted by Crippen LogP contribution is -2.18. The van der Waals surface area contributed by atoms with Crippen LogP contribution in [0.15, 0.2) is 29.1 Å². The van der Waals surface area contributed by atoms with Crippen LogP contribution in [0.25, 0.3) is 0 Å². The molecule has 0 saturated carbocycles. The Morgan fingerprint density at radius 1 is 1.35 bits per heavy atom. The molecule has 0 amide bonds. The maximum Gasteiger partial charge on any atom is 0.0795 e. The molecule has 0 spiro atoms. The Morgan fingerprint density at radius 2 is 2.20 bits per heavy atom. The van der Waals surface area contributed by atoms with Crippen molar-refractivity contribution in [3.63, 3.8) is 0 Å². The Morgan fingerprint density at radius 3 is 2.85 bits per heavy atom. The zero-order chi connectivity index (χ0) is 14.4.